The van der Waals surface area contributed by atoms with Crippen molar-refractivity contribution in [3.8, 4) is 0 Å². The van der Waals surface area contributed by atoms with E-state index in [-0.39, 0.29) is 30.1 Å². The number of hydrogen-bond acceptors (Lipinski definition) is 9. The first-order valence-corrected chi connectivity index (χ1v) is 15.8. The van der Waals surface area contributed by atoms with Crippen molar-refractivity contribution in [1.82, 2.24) is 40.3 Å². The molecule has 2 aromatic heterocycles. The standard InChI is InChI=1S/C32H43N9O4/c1-4-22(2)28-30(43)36-26(19-24-9-6-5-7-10-24)29-35-23(3)38-41(29)14-13-39(12-8-11-27(42)37-28)31(44)25-20-33-32(34-21-25)40-15-17-45-18-16-40/h5-7,9-10,20-22,26,28H,4,8,11-19H2,1-3H3,(H,36,43)(H,37,42)/t22-,26-,28-/m0/s1. The molecule has 45 heavy (non-hydrogen) atoms. The van der Waals surface area contributed by atoms with E-state index in [0.29, 0.717) is 88.4 Å². The van der Waals surface area contributed by atoms with Crippen LogP contribution in [0.5, 0.6) is 0 Å². The van der Waals surface area contributed by atoms with Crippen LogP contribution in [-0.2, 0) is 27.3 Å². The Morgan fingerprint density at radius 3 is 2.47 bits per heavy atom. The molecule has 0 saturated carbocycles. The molecule has 0 spiro atoms. The van der Waals surface area contributed by atoms with Crippen LogP contribution in [0.25, 0.3) is 0 Å². The maximum Gasteiger partial charge on any atom is 0.257 e. The van der Waals surface area contributed by atoms with Crippen LogP contribution in [-0.4, -0.2) is 92.8 Å². The number of morpholine rings is 1. The minimum atomic E-state index is -0.707. The van der Waals surface area contributed by atoms with Crippen molar-refractivity contribution in [3.05, 3.63) is 65.5 Å². The average molecular weight is 618 g/mol. The molecule has 1 fully saturated rings. The molecule has 4 heterocycles. The molecule has 5 rings (SSSR count). The molecule has 0 unspecified atom stereocenters. The van der Waals surface area contributed by atoms with Gasteiger partial charge in [0.1, 0.15) is 17.7 Å². The highest BCUT2D eigenvalue weighted by Crippen LogP contribution is 2.20. The second kappa shape index (κ2) is 15.1. The van der Waals surface area contributed by atoms with E-state index in [1.54, 1.807) is 22.0 Å². The Balaban J connectivity index is 1.43. The molecule has 2 aliphatic rings. The summed E-state index contributed by atoms with van der Waals surface area (Å²) in [4.78, 5) is 58.0. The summed E-state index contributed by atoms with van der Waals surface area (Å²) in [5, 5.41) is 10.8. The summed E-state index contributed by atoms with van der Waals surface area (Å²) in [6, 6.07) is 8.66. The Morgan fingerprint density at radius 2 is 1.76 bits per heavy atom. The summed E-state index contributed by atoms with van der Waals surface area (Å²) in [6.07, 6.45) is 4.93. The predicted octanol–water partition coefficient (Wildman–Crippen LogP) is 2.08. The van der Waals surface area contributed by atoms with Crippen molar-refractivity contribution >= 4 is 23.7 Å². The molecule has 3 amide bonds. The predicted molar refractivity (Wildman–Crippen MR) is 167 cm³/mol. The number of nitrogens with one attached hydrogen (secondary N) is 2. The van der Waals surface area contributed by atoms with Gasteiger partial charge in [-0.25, -0.2) is 19.6 Å². The number of rotatable bonds is 6. The minimum Gasteiger partial charge on any atom is -0.378 e. The first-order chi connectivity index (χ1) is 21.8. The molecule has 1 saturated heterocycles. The van der Waals surface area contributed by atoms with Crippen molar-refractivity contribution < 1.29 is 19.1 Å². The lowest BCUT2D eigenvalue weighted by Gasteiger charge is -2.28. The molecule has 0 bridgehead atoms. The number of aryl methyl sites for hydroxylation is 1. The highest BCUT2D eigenvalue weighted by atomic mass is 16.5. The van der Waals surface area contributed by atoms with Crippen LogP contribution in [0.1, 0.15) is 66.7 Å². The van der Waals surface area contributed by atoms with Gasteiger partial charge in [0.25, 0.3) is 5.91 Å². The second-order valence-corrected chi connectivity index (χ2v) is 11.7. The fourth-order valence-corrected chi connectivity index (χ4v) is 5.66. The van der Waals surface area contributed by atoms with Gasteiger partial charge in [-0.1, -0.05) is 50.6 Å². The maximum atomic E-state index is 13.8. The highest BCUT2D eigenvalue weighted by molar-refractivity contribution is 5.93. The molecule has 1 aromatic carbocycles. The zero-order chi connectivity index (χ0) is 31.8. The number of ether oxygens (including phenoxy) is 1. The minimum absolute atomic E-state index is 0.0858. The molecule has 2 N–H and O–H groups in total. The van der Waals surface area contributed by atoms with Crippen molar-refractivity contribution in [2.45, 2.75) is 65.1 Å². The zero-order valence-corrected chi connectivity index (χ0v) is 26.3. The number of nitrogens with zero attached hydrogens (tertiary/aromatic N) is 7. The molecular weight excluding hydrogens is 574 g/mol. The van der Waals surface area contributed by atoms with Gasteiger partial charge >= 0.3 is 0 Å². The van der Waals surface area contributed by atoms with Crippen molar-refractivity contribution in [2.75, 3.05) is 44.3 Å². The van der Waals surface area contributed by atoms with Crippen LogP contribution in [0.2, 0.25) is 0 Å². The SMILES string of the molecule is CC[C@H](C)[C@@H]1NC(=O)CCCN(C(=O)c2cnc(N3CCOCC3)nc2)CCn2nc(C)nc2[C@H](Cc2ccccc2)NC1=O. The van der Waals surface area contributed by atoms with Crippen molar-refractivity contribution in [1.29, 1.82) is 0 Å². The van der Waals surface area contributed by atoms with Crippen molar-refractivity contribution in [2.24, 2.45) is 5.92 Å². The van der Waals surface area contributed by atoms with E-state index in [4.69, 9.17) is 9.72 Å². The third-order valence-electron chi connectivity index (χ3n) is 8.41. The van der Waals surface area contributed by atoms with Crippen LogP contribution in [0.3, 0.4) is 0 Å². The number of anilines is 1. The van der Waals surface area contributed by atoms with Gasteiger partial charge in [-0.05, 0) is 31.2 Å². The van der Waals surface area contributed by atoms with Crippen LogP contribution >= 0.6 is 0 Å². The number of carbonyl (C=O) groups is 3. The summed E-state index contributed by atoms with van der Waals surface area (Å²) >= 11 is 0. The number of hydrogen-bond donors (Lipinski definition) is 2. The van der Waals surface area contributed by atoms with E-state index in [2.05, 4.69) is 25.7 Å². The highest BCUT2D eigenvalue weighted by Gasteiger charge is 2.31. The summed E-state index contributed by atoms with van der Waals surface area (Å²) < 4.78 is 7.20. The Bertz CT molecular complexity index is 1440. The van der Waals surface area contributed by atoms with Crippen LogP contribution in [0.4, 0.5) is 5.95 Å². The van der Waals surface area contributed by atoms with Gasteiger partial charge in [0.2, 0.25) is 17.8 Å². The summed E-state index contributed by atoms with van der Waals surface area (Å²) in [5.41, 5.74) is 1.40. The molecule has 3 atom stereocenters. The maximum absolute atomic E-state index is 13.8. The zero-order valence-electron chi connectivity index (χ0n) is 26.3. The average Bonchev–Trinajstić information content (AvgIpc) is 3.44. The van der Waals surface area contributed by atoms with Crippen LogP contribution in [0.15, 0.2) is 42.7 Å². The van der Waals surface area contributed by atoms with E-state index in [1.165, 1.54) is 0 Å². The van der Waals surface area contributed by atoms with Crippen LogP contribution in [0, 0.1) is 12.8 Å². The lowest BCUT2D eigenvalue weighted by atomic mass is 9.97. The Hall–Kier alpha value is -4.39. The molecule has 2 aliphatic heterocycles. The summed E-state index contributed by atoms with van der Waals surface area (Å²) in [6.45, 7) is 9.42. The molecule has 3 aromatic rings. The van der Waals surface area contributed by atoms with E-state index in [1.807, 2.05) is 56.0 Å². The molecule has 0 radical (unpaired) electrons. The largest absolute Gasteiger partial charge is 0.378 e. The van der Waals surface area contributed by atoms with E-state index in [9.17, 15) is 14.4 Å². The Kier molecular flexibility index (Phi) is 10.7. The topological polar surface area (TPSA) is 147 Å². The van der Waals surface area contributed by atoms with Gasteiger partial charge in [-0.2, -0.15) is 5.10 Å². The lowest BCUT2D eigenvalue weighted by molar-refractivity contribution is -0.130. The normalized spacial score (nSPS) is 20.9. The molecule has 0 aliphatic carbocycles. The number of aromatic nitrogens is 5. The molecule has 13 nitrogen and oxygen atoms in total. The number of fused-ring (bicyclic) bond motifs is 1. The van der Waals surface area contributed by atoms with E-state index >= 15 is 0 Å². The van der Waals surface area contributed by atoms with Crippen LogP contribution < -0.4 is 15.5 Å². The second-order valence-electron chi connectivity index (χ2n) is 11.7. The monoisotopic (exact) mass is 617 g/mol. The smallest absolute Gasteiger partial charge is 0.257 e. The Morgan fingerprint density at radius 1 is 1.02 bits per heavy atom. The summed E-state index contributed by atoms with van der Waals surface area (Å²) in [5.74, 6) is 0.952. The lowest BCUT2D eigenvalue weighted by Crippen LogP contribution is -2.51. The third kappa shape index (κ3) is 8.21. The van der Waals surface area contributed by atoms with Gasteiger partial charge in [-0.3, -0.25) is 14.4 Å². The van der Waals surface area contributed by atoms with Crippen molar-refractivity contribution in [3.63, 3.8) is 0 Å². The van der Waals surface area contributed by atoms with Gasteiger partial charge in [0.15, 0.2) is 0 Å². The van der Waals surface area contributed by atoms with Gasteiger partial charge < -0.3 is 25.2 Å². The fourth-order valence-electron chi connectivity index (χ4n) is 5.66. The molecule has 13 heteroatoms. The first kappa shape index (κ1) is 32.0. The van der Waals surface area contributed by atoms with Gasteiger partial charge in [-0.15, -0.1) is 0 Å². The number of amides is 3. The molecule has 240 valence electrons. The van der Waals surface area contributed by atoms with E-state index in [0.717, 1.165) is 5.56 Å². The molecular formula is C32H43N9O4. The fraction of sp³-hybridized carbons (Fsp3) is 0.531. The Labute approximate surface area is 263 Å². The number of benzene rings is 1. The quantitative estimate of drug-likeness (QED) is 0.424. The van der Waals surface area contributed by atoms with Gasteiger partial charge in [0, 0.05) is 45.0 Å². The van der Waals surface area contributed by atoms with Gasteiger partial charge in [0.05, 0.1) is 31.4 Å². The third-order valence-corrected chi connectivity index (χ3v) is 8.41. The first-order valence-electron chi connectivity index (χ1n) is 15.8. The van der Waals surface area contributed by atoms with E-state index < -0.39 is 12.1 Å². The number of carbonyl (C=O) groups excluding carboxylic acids is 3. The summed E-state index contributed by atoms with van der Waals surface area (Å²) in [7, 11) is 0.